The minimum absolute atomic E-state index is 0.0463. The Morgan fingerprint density at radius 3 is 2.58 bits per heavy atom. The van der Waals surface area contributed by atoms with Gasteiger partial charge in [-0.05, 0) is 24.6 Å². The van der Waals surface area contributed by atoms with Crippen molar-refractivity contribution in [3.63, 3.8) is 0 Å². The lowest BCUT2D eigenvalue weighted by Gasteiger charge is -2.14. The third kappa shape index (κ3) is 3.50. The van der Waals surface area contributed by atoms with Crippen LogP contribution in [0.25, 0.3) is 0 Å². The Balaban J connectivity index is 1.71. The number of methoxy groups -OCH3 is 3. The molecule has 0 aliphatic carbocycles. The zero-order valence-corrected chi connectivity index (χ0v) is 15.9. The first-order chi connectivity index (χ1) is 12.6. The molecule has 0 amide bonds. The zero-order chi connectivity index (χ0) is 18.7. The van der Waals surface area contributed by atoms with Gasteiger partial charge in [0.2, 0.25) is 0 Å². The second-order valence-corrected chi connectivity index (χ2v) is 6.77. The van der Waals surface area contributed by atoms with E-state index < -0.39 is 0 Å². The van der Waals surface area contributed by atoms with Crippen LogP contribution in [-0.2, 0) is 10.5 Å². The number of pyridine rings is 1. The lowest BCUT2D eigenvalue weighted by molar-refractivity contribution is 0.0600. The molecule has 1 aliphatic rings. The second-order valence-electron chi connectivity index (χ2n) is 5.68. The average Bonchev–Trinajstić information content (AvgIpc) is 3.06. The molecule has 7 nitrogen and oxygen atoms in total. The molecule has 3 rings (SSSR count). The minimum atomic E-state index is -0.339. The second kappa shape index (κ2) is 7.74. The molecule has 0 fully saturated rings. The highest BCUT2D eigenvalue weighted by Gasteiger charge is 2.24. The molecular weight excluding hydrogens is 354 g/mol. The van der Waals surface area contributed by atoms with Crippen molar-refractivity contribution in [2.75, 3.05) is 32.0 Å². The van der Waals surface area contributed by atoms with E-state index in [0.29, 0.717) is 22.8 Å². The highest BCUT2D eigenvalue weighted by Crippen LogP contribution is 2.37. The predicted octanol–water partition coefficient (Wildman–Crippen LogP) is 3.25. The number of carbonyl (C=O) groups is 1. The topological polar surface area (TPSA) is 81.7 Å². The van der Waals surface area contributed by atoms with E-state index in [-0.39, 0.29) is 11.5 Å². The van der Waals surface area contributed by atoms with E-state index >= 15 is 0 Å². The molecule has 0 spiro atoms. The van der Waals surface area contributed by atoms with Crippen LogP contribution >= 0.6 is 11.8 Å². The summed E-state index contributed by atoms with van der Waals surface area (Å²) in [4.78, 5) is 16.2. The Kier molecular flexibility index (Phi) is 5.41. The molecule has 0 saturated heterocycles. The van der Waals surface area contributed by atoms with Gasteiger partial charge < -0.3 is 24.8 Å². The molecule has 1 atom stereocenters. The third-order valence-corrected chi connectivity index (χ3v) is 5.11. The summed E-state index contributed by atoms with van der Waals surface area (Å²) in [6, 6.07) is 5.53. The van der Waals surface area contributed by atoms with Crippen LogP contribution in [0.1, 0.15) is 21.6 Å². The highest BCUT2D eigenvalue weighted by atomic mass is 32.2. The first kappa shape index (κ1) is 18.2. The van der Waals surface area contributed by atoms with Gasteiger partial charge in [-0.3, -0.25) is 4.98 Å². The molecule has 8 heteroatoms. The van der Waals surface area contributed by atoms with E-state index in [1.807, 2.05) is 19.1 Å². The van der Waals surface area contributed by atoms with Gasteiger partial charge in [0.1, 0.15) is 5.50 Å². The summed E-state index contributed by atoms with van der Waals surface area (Å²) in [6.07, 6.45) is 1.70. The molecular formula is C18H21N3O4S. The number of ether oxygens (including phenoxy) is 3. The Bertz CT molecular complexity index is 828. The number of nitrogens with zero attached hydrogens (tertiary/aromatic N) is 1. The van der Waals surface area contributed by atoms with Crippen LogP contribution in [0, 0.1) is 6.92 Å². The fourth-order valence-corrected chi connectivity index (χ4v) is 3.74. The van der Waals surface area contributed by atoms with Gasteiger partial charge in [0.25, 0.3) is 0 Å². The molecule has 0 saturated carbocycles. The van der Waals surface area contributed by atoms with E-state index in [2.05, 4.69) is 15.6 Å². The summed E-state index contributed by atoms with van der Waals surface area (Å²) < 4.78 is 15.6. The van der Waals surface area contributed by atoms with Gasteiger partial charge in [0.05, 0.1) is 44.0 Å². The molecule has 1 unspecified atom stereocenters. The number of fused-ring (bicyclic) bond motifs is 1. The fraction of sp³-hybridized carbons (Fsp3) is 0.333. The van der Waals surface area contributed by atoms with Gasteiger partial charge in [0, 0.05) is 18.0 Å². The van der Waals surface area contributed by atoms with Crippen LogP contribution in [0.5, 0.6) is 11.5 Å². The van der Waals surface area contributed by atoms with Gasteiger partial charge in [-0.2, -0.15) is 0 Å². The number of thioether (sulfide) groups is 1. The SMILES string of the molecule is COC(=O)c1cc2c(cc1C)NC(SCc1nccc(OC)c1OC)N2. The van der Waals surface area contributed by atoms with Crippen molar-refractivity contribution in [2.24, 2.45) is 0 Å². The minimum Gasteiger partial charge on any atom is -0.493 e. The van der Waals surface area contributed by atoms with E-state index in [1.165, 1.54) is 7.11 Å². The average molecular weight is 375 g/mol. The van der Waals surface area contributed by atoms with Gasteiger partial charge in [-0.25, -0.2) is 4.79 Å². The van der Waals surface area contributed by atoms with Crippen LogP contribution in [0.2, 0.25) is 0 Å². The predicted molar refractivity (Wildman–Crippen MR) is 102 cm³/mol. The number of aromatic nitrogens is 1. The van der Waals surface area contributed by atoms with E-state index in [0.717, 1.165) is 22.6 Å². The summed E-state index contributed by atoms with van der Waals surface area (Å²) in [5.41, 5.74) is 4.02. The first-order valence-electron chi connectivity index (χ1n) is 8.01. The number of carbonyl (C=O) groups excluding carboxylic acids is 1. The molecule has 1 aliphatic heterocycles. The van der Waals surface area contributed by atoms with Gasteiger partial charge in [-0.15, -0.1) is 11.8 Å². The number of hydrogen-bond donors (Lipinski definition) is 2. The summed E-state index contributed by atoms with van der Waals surface area (Å²) in [7, 11) is 4.59. The number of nitrogens with one attached hydrogen (secondary N) is 2. The van der Waals surface area contributed by atoms with Crippen LogP contribution in [0.3, 0.4) is 0 Å². The van der Waals surface area contributed by atoms with Crippen molar-refractivity contribution in [1.82, 2.24) is 4.98 Å². The maximum Gasteiger partial charge on any atom is 0.338 e. The van der Waals surface area contributed by atoms with Gasteiger partial charge in [-0.1, -0.05) is 0 Å². The maximum atomic E-state index is 11.8. The Morgan fingerprint density at radius 1 is 1.19 bits per heavy atom. The third-order valence-electron chi connectivity index (χ3n) is 4.10. The van der Waals surface area contributed by atoms with Crippen molar-refractivity contribution in [3.8, 4) is 11.5 Å². The molecule has 0 bridgehead atoms. The van der Waals surface area contributed by atoms with Crippen molar-refractivity contribution in [2.45, 2.75) is 18.2 Å². The maximum absolute atomic E-state index is 11.8. The van der Waals surface area contributed by atoms with E-state index in [9.17, 15) is 4.79 Å². The van der Waals surface area contributed by atoms with Crippen LogP contribution in [0.4, 0.5) is 11.4 Å². The molecule has 2 aromatic rings. The van der Waals surface area contributed by atoms with E-state index in [4.69, 9.17) is 14.2 Å². The van der Waals surface area contributed by atoms with Crippen molar-refractivity contribution < 1.29 is 19.0 Å². The fourth-order valence-electron chi connectivity index (χ4n) is 2.79. The molecule has 26 heavy (non-hydrogen) atoms. The number of benzene rings is 1. The van der Waals surface area contributed by atoms with Gasteiger partial charge in [0.15, 0.2) is 11.5 Å². The van der Waals surface area contributed by atoms with E-state index in [1.54, 1.807) is 38.2 Å². The van der Waals surface area contributed by atoms with Gasteiger partial charge >= 0.3 is 5.97 Å². The highest BCUT2D eigenvalue weighted by molar-refractivity contribution is 7.99. The van der Waals surface area contributed by atoms with Crippen molar-refractivity contribution >= 4 is 29.1 Å². The normalized spacial score (nSPS) is 14.8. The quantitative estimate of drug-likeness (QED) is 0.745. The zero-order valence-electron chi connectivity index (χ0n) is 15.1. The standard InChI is InChI=1S/C18H21N3O4S/c1-10-7-12-13(8-11(10)17(22)25-4)21-18(20-12)26-9-14-16(24-3)15(23-2)5-6-19-14/h5-8,18,20-21H,9H2,1-4H3. The van der Waals surface area contributed by atoms with Crippen molar-refractivity contribution in [3.05, 3.63) is 41.2 Å². The largest absolute Gasteiger partial charge is 0.493 e. The first-order valence-corrected chi connectivity index (χ1v) is 9.05. The molecule has 2 heterocycles. The summed E-state index contributed by atoms with van der Waals surface area (Å²) in [5.74, 6) is 1.59. The Labute approximate surface area is 156 Å². The van der Waals surface area contributed by atoms with Crippen LogP contribution < -0.4 is 20.1 Å². The number of rotatable bonds is 6. The van der Waals surface area contributed by atoms with Crippen LogP contribution in [0.15, 0.2) is 24.4 Å². The summed E-state index contributed by atoms with van der Waals surface area (Å²) in [6.45, 7) is 1.89. The van der Waals surface area contributed by atoms with Crippen molar-refractivity contribution in [1.29, 1.82) is 0 Å². The number of aryl methyl sites for hydroxylation is 1. The smallest absolute Gasteiger partial charge is 0.338 e. The number of anilines is 2. The lowest BCUT2D eigenvalue weighted by Crippen LogP contribution is -2.17. The Morgan fingerprint density at radius 2 is 1.92 bits per heavy atom. The van der Waals surface area contributed by atoms with Crippen LogP contribution in [-0.4, -0.2) is 37.8 Å². The molecule has 0 radical (unpaired) electrons. The molecule has 1 aromatic heterocycles. The molecule has 2 N–H and O–H groups in total. The lowest BCUT2D eigenvalue weighted by atomic mass is 10.1. The Hall–Kier alpha value is -2.61. The molecule has 138 valence electrons. The summed E-state index contributed by atoms with van der Waals surface area (Å²) in [5, 5.41) is 6.76. The molecule has 1 aromatic carbocycles. The number of esters is 1. The number of hydrogen-bond acceptors (Lipinski definition) is 8. The monoisotopic (exact) mass is 375 g/mol. The summed E-state index contributed by atoms with van der Waals surface area (Å²) >= 11 is 1.63.